The van der Waals surface area contributed by atoms with Crippen LogP contribution in [0.15, 0.2) is 18.2 Å². The van der Waals surface area contributed by atoms with Crippen molar-refractivity contribution in [3.05, 3.63) is 29.3 Å². The summed E-state index contributed by atoms with van der Waals surface area (Å²) in [5.74, 6) is 1.70. The molecule has 4 rings (SSSR count). The van der Waals surface area contributed by atoms with E-state index < -0.39 is 0 Å². The van der Waals surface area contributed by atoms with Crippen molar-refractivity contribution in [3.63, 3.8) is 0 Å². The molecule has 3 heterocycles. The number of ether oxygens (including phenoxy) is 2. The normalized spacial score (nSPS) is 33.2. The smallest absolute Gasteiger partial charge is 0.122 e. The number of hydrogen-bond acceptors (Lipinski definition) is 3. The SMILES string of the molecule is CNC(c1ccc2c(c1)CCO2)C1CC2CCC1O2. The standard InChI is InChI=1S/C16H21NO2/c1-17-16(13-9-12-3-5-15(13)19-12)11-2-4-14-10(8-11)6-7-18-14/h2,4,8,12-13,15-17H,3,5-7,9H2,1H3. The number of nitrogens with one attached hydrogen (secondary N) is 1. The Labute approximate surface area is 114 Å². The minimum atomic E-state index is 0.418. The van der Waals surface area contributed by atoms with Gasteiger partial charge < -0.3 is 14.8 Å². The van der Waals surface area contributed by atoms with E-state index in [1.54, 1.807) is 0 Å². The molecule has 2 saturated heterocycles. The summed E-state index contributed by atoms with van der Waals surface area (Å²) >= 11 is 0. The zero-order valence-electron chi connectivity index (χ0n) is 11.4. The van der Waals surface area contributed by atoms with Gasteiger partial charge in [0.15, 0.2) is 0 Å². The molecule has 0 spiro atoms. The van der Waals surface area contributed by atoms with Crippen LogP contribution in [0.2, 0.25) is 0 Å². The summed E-state index contributed by atoms with van der Waals surface area (Å²) in [7, 11) is 2.07. The van der Waals surface area contributed by atoms with Crippen molar-refractivity contribution in [2.75, 3.05) is 13.7 Å². The van der Waals surface area contributed by atoms with Crippen LogP contribution in [-0.2, 0) is 11.2 Å². The van der Waals surface area contributed by atoms with Crippen molar-refractivity contribution in [2.45, 2.75) is 43.9 Å². The van der Waals surface area contributed by atoms with Crippen molar-refractivity contribution in [2.24, 2.45) is 5.92 Å². The maximum absolute atomic E-state index is 6.02. The number of benzene rings is 1. The van der Waals surface area contributed by atoms with Crippen LogP contribution in [0.25, 0.3) is 0 Å². The van der Waals surface area contributed by atoms with E-state index in [-0.39, 0.29) is 0 Å². The second kappa shape index (κ2) is 4.50. The third-order valence-electron chi connectivity index (χ3n) is 4.96. The van der Waals surface area contributed by atoms with Gasteiger partial charge in [0.2, 0.25) is 0 Å². The van der Waals surface area contributed by atoms with Crippen LogP contribution in [0.3, 0.4) is 0 Å². The fraction of sp³-hybridized carbons (Fsp3) is 0.625. The lowest BCUT2D eigenvalue weighted by atomic mass is 9.81. The van der Waals surface area contributed by atoms with Crippen molar-refractivity contribution in [3.8, 4) is 5.75 Å². The van der Waals surface area contributed by atoms with Gasteiger partial charge in [-0.15, -0.1) is 0 Å². The van der Waals surface area contributed by atoms with E-state index in [0.717, 1.165) is 18.8 Å². The maximum atomic E-state index is 6.02. The summed E-state index contributed by atoms with van der Waals surface area (Å²) in [4.78, 5) is 0. The van der Waals surface area contributed by atoms with Crippen LogP contribution < -0.4 is 10.1 Å². The minimum absolute atomic E-state index is 0.418. The quantitative estimate of drug-likeness (QED) is 0.904. The fourth-order valence-electron chi connectivity index (χ4n) is 4.06. The highest BCUT2D eigenvalue weighted by Crippen LogP contribution is 2.45. The van der Waals surface area contributed by atoms with E-state index in [0.29, 0.717) is 24.2 Å². The molecule has 102 valence electrons. The average Bonchev–Trinajstić information content (AvgIpc) is 3.15. The highest BCUT2D eigenvalue weighted by Gasteiger charge is 2.44. The zero-order valence-corrected chi connectivity index (χ0v) is 11.4. The molecule has 1 N–H and O–H groups in total. The predicted octanol–water partition coefficient (Wildman–Crippen LogP) is 2.45. The highest BCUT2D eigenvalue weighted by molar-refractivity contribution is 5.41. The van der Waals surface area contributed by atoms with Gasteiger partial charge in [0, 0.05) is 18.4 Å². The lowest BCUT2D eigenvalue weighted by Gasteiger charge is -2.28. The summed E-state index contributed by atoms with van der Waals surface area (Å²) in [5.41, 5.74) is 2.76. The van der Waals surface area contributed by atoms with Gasteiger partial charge in [-0.1, -0.05) is 12.1 Å². The Kier molecular flexibility index (Phi) is 2.78. The first-order valence-corrected chi connectivity index (χ1v) is 7.43. The number of hydrogen-bond donors (Lipinski definition) is 1. The second-order valence-corrected chi connectivity index (χ2v) is 6.01. The Bertz CT molecular complexity index is 488. The van der Waals surface area contributed by atoms with E-state index in [9.17, 15) is 0 Å². The Hall–Kier alpha value is -1.06. The first-order chi connectivity index (χ1) is 9.35. The maximum Gasteiger partial charge on any atom is 0.122 e. The lowest BCUT2D eigenvalue weighted by molar-refractivity contribution is 0.0863. The number of rotatable bonds is 3. The molecule has 0 saturated carbocycles. The second-order valence-electron chi connectivity index (χ2n) is 6.01. The van der Waals surface area contributed by atoms with E-state index in [1.807, 2.05) is 0 Å². The van der Waals surface area contributed by atoms with Crippen LogP contribution in [0, 0.1) is 5.92 Å². The monoisotopic (exact) mass is 259 g/mol. The Balaban J connectivity index is 1.62. The third kappa shape index (κ3) is 1.87. The van der Waals surface area contributed by atoms with E-state index >= 15 is 0 Å². The van der Waals surface area contributed by atoms with Crippen LogP contribution >= 0.6 is 0 Å². The molecule has 4 atom stereocenters. The molecule has 0 amide bonds. The molecular formula is C16H21NO2. The third-order valence-corrected chi connectivity index (χ3v) is 4.96. The van der Waals surface area contributed by atoms with Crippen LogP contribution in [0.4, 0.5) is 0 Å². The van der Waals surface area contributed by atoms with Gasteiger partial charge in [0.25, 0.3) is 0 Å². The molecule has 1 aromatic rings. The van der Waals surface area contributed by atoms with Gasteiger partial charge in [-0.05, 0) is 43.5 Å². The van der Waals surface area contributed by atoms with Crippen molar-refractivity contribution in [1.29, 1.82) is 0 Å². The van der Waals surface area contributed by atoms with E-state index in [4.69, 9.17) is 9.47 Å². The van der Waals surface area contributed by atoms with Gasteiger partial charge in [-0.2, -0.15) is 0 Å². The van der Waals surface area contributed by atoms with Crippen molar-refractivity contribution in [1.82, 2.24) is 5.32 Å². The Morgan fingerprint density at radius 3 is 3.00 bits per heavy atom. The molecule has 3 aliphatic rings. The molecule has 2 bridgehead atoms. The van der Waals surface area contributed by atoms with Crippen molar-refractivity contribution >= 4 is 0 Å². The Morgan fingerprint density at radius 2 is 2.26 bits per heavy atom. The summed E-state index contributed by atoms with van der Waals surface area (Å²) in [6.45, 7) is 0.834. The van der Waals surface area contributed by atoms with Crippen LogP contribution in [-0.4, -0.2) is 25.9 Å². The largest absolute Gasteiger partial charge is 0.493 e. The predicted molar refractivity (Wildman–Crippen MR) is 73.4 cm³/mol. The molecule has 0 aliphatic carbocycles. The molecule has 2 fully saturated rings. The van der Waals surface area contributed by atoms with Crippen LogP contribution in [0.1, 0.15) is 36.4 Å². The molecular weight excluding hydrogens is 238 g/mol. The summed E-state index contributed by atoms with van der Waals surface area (Å²) in [5, 5.41) is 3.52. The molecule has 3 nitrogen and oxygen atoms in total. The zero-order chi connectivity index (χ0) is 12.8. The average molecular weight is 259 g/mol. The first kappa shape index (κ1) is 11.7. The van der Waals surface area contributed by atoms with E-state index in [1.165, 1.54) is 30.4 Å². The molecule has 4 unspecified atom stereocenters. The molecule has 0 radical (unpaired) electrons. The Morgan fingerprint density at radius 1 is 1.32 bits per heavy atom. The summed E-state index contributed by atoms with van der Waals surface area (Å²) in [6, 6.07) is 7.10. The topological polar surface area (TPSA) is 30.5 Å². The lowest BCUT2D eigenvalue weighted by Crippen LogP contribution is -2.31. The molecule has 0 aromatic heterocycles. The number of fused-ring (bicyclic) bond motifs is 3. The fourth-order valence-corrected chi connectivity index (χ4v) is 4.06. The van der Waals surface area contributed by atoms with Crippen LogP contribution in [0.5, 0.6) is 5.75 Å². The van der Waals surface area contributed by atoms with Gasteiger partial charge in [-0.25, -0.2) is 0 Å². The van der Waals surface area contributed by atoms with Gasteiger partial charge in [0.05, 0.1) is 18.8 Å². The van der Waals surface area contributed by atoms with Gasteiger partial charge in [0.1, 0.15) is 5.75 Å². The van der Waals surface area contributed by atoms with Crippen molar-refractivity contribution < 1.29 is 9.47 Å². The minimum Gasteiger partial charge on any atom is -0.493 e. The first-order valence-electron chi connectivity index (χ1n) is 7.43. The molecule has 1 aromatic carbocycles. The van der Waals surface area contributed by atoms with E-state index in [2.05, 4.69) is 30.6 Å². The molecule has 19 heavy (non-hydrogen) atoms. The summed E-state index contributed by atoms with van der Waals surface area (Å²) < 4.78 is 11.6. The van der Waals surface area contributed by atoms with Gasteiger partial charge >= 0.3 is 0 Å². The molecule has 3 heteroatoms. The van der Waals surface area contributed by atoms with Gasteiger partial charge in [-0.3, -0.25) is 0 Å². The highest BCUT2D eigenvalue weighted by atomic mass is 16.5. The molecule has 3 aliphatic heterocycles. The summed E-state index contributed by atoms with van der Waals surface area (Å²) in [6.07, 6.45) is 5.74.